The van der Waals surface area contributed by atoms with E-state index < -0.39 is 47.3 Å². The van der Waals surface area contributed by atoms with Gasteiger partial charge in [0.15, 0.2) is 24.0 Å². The van der Waals surface area contributed by atoms with E-state index in [0.717, 1.165) is 0 Å². The van der Waals surface area contributed by atoms with Crippen molar-refractivity contribution in [2.24, 2.45) is 0 Å². The molecule has 0 aliphatic carbocycles. The number of carbonyl (C=O) groups is 1. The Morgan fingerprint density at radius 3 is 2.09 bits per heavy atom. The van der Waals surface area contributed by atoms with Crippen LogP contribution in [0.2, 0.25) is 0 Å². The number of benzene rings is 2. The van der Waals surface area contributed by atoms with E-state index in [4.69, 9.17) is 0 Å². The van der Waals surface area contributed by atoms with Gasteiger partial charge >= 0.3 is 0 Å². The number of halogens is 5. The van der Waals surface area contributed by atoms with E-state index in [1.807, 2.05) is 0 Å². The van der Waals surface area contributed by atoms with E-state index >= 15 is 0 Å². The van der Waals surface area contributed by atoms with Crippen molar-refractivity contribution in [2.75, 3.05) is 6.61 Å². The number of hydrogen-bond acceptors (Lipinski definition) is 2. The maximum absolute atomic E-state index is 13.3. The van der Waals surface area contributed by atoms with Gasteiger partial charge in [-0.25, -0.2) is 13.2 Å². The van der Waals surface area contributed by atoms with E-state index in [1.54, 1.807) is 0 Å². The van der Waals surface area contributed by atoms with Gasteiger partial charge in [0, 0.05) is 12.6 Å². The highest BCUT2D eigenvalue weighted by Crippen LogP contribution is 2.26. The molecule has 0 aromatic heterocycles. The fourth-order valence-corrected chi connectivity index (χ4v) is 1.67. The fraction of sp³-hybridized carbons (Fsp3) is 0.133. The summed E-state index contributed by atoms with van der Waals surface area (Å²) in [4.78, 5) is 11.5. The smallest absolute Gasteiger partial charge is 0.258 e. The summed E-state index contributed by atoms with van der Waals surface area (Å²) in [5, 5.41) is 2.34. The Balaban J connectivity index is 1.93. The van der Waals surface area contributed by atoms with E-state index in [-0.39, 0.29) is 12.6 Å². The summed E-state index contributed by atoms with van der Waals surface area (Å²) in [5.41, 5.74) is 0.578. The monoisotopic (exact) mass is 331 g/mol. The molecule has 0 unspecified atom stereocenters. The average Bonchev–Trinajstić information content (AvgIpc) is 2.52. The maximum Gasteiger partial charge on any atom is 0.258 e. The number of rotatable bonds is 5. The molecule has 2 aromatic rings. The summed E-state index contributed by atoms with van der Waals surface area (Å²) in [6, 6.07) is 5.28. The summed E-state index contributed by atoms with van der Waals surface area (Å²) in [6.45, 7) is -0.830. The van der Waals surface area contributed by atoms with Gasteiger partial charge in [0.1, 0.15) is 5.82 Å². The molecule has 122 valence electrons. The number of ether oxygens (including phenoxy) is 1. The molecule has 1 amide bonds. The van der Waals surface area contributed by atoms with Gasteiger partial charge in [0.05, 0.1) is 0 Å². The van der Waals surface area contributed by atoms with Crippen molar-refractivity contribution in [3.63, 3.8) is 0 Å². The first kappa shape index (κ1) is 16.7. The van der Waals surface area contributed by atoms with Crippen molar-refractivity contribution in [3.8, 4) is 5.75 Å². The zero-order valence-electron chi connectivity index (χ0n) is 11.5. The molecule has 0 fully saturated rings. The highest BCUT2D eigenvalue weighted by atomic mass is 19.2. The molecular weight excluding hydrogens is 321 g/mol. The van der Waals surface area contributed by atoms with Crippen molar-refractivity contribution < 1.29 is 31.5 Å². The Kier molecular flexibility index (Phi) is 5.15. The molecule has 2 rings (SSSR count). The Hall–Kier alpha value is -2.64. The minimum Gasteiger partial charge on any atom is -0.477 e. The second-order valence-electron chi connectivity index (χ2n) is 4.49. The summed E-state index contributed by atoms with van der Waals surface area (Å²) in [6.07, 6.45) is 0. The van der Waals surface area contributed by atoms with Gasteiger partial charge in [-0.15, -0.1) is 0 Å². The van der Waals surface area contributed by atoms with Crippen LogP contribution in [0.4, 0.5) is 22.0 Å². The average molecular weight is 331 g/mol. The lowest BCUT2D eigenvalue weighted by atomic mass is 10.2. The predicted octanol–water partition coefficient (Wildman–Crippen LogP) is 3.08. The molecule has 0 saturated heterocycles. The first-order chi connectivity index (χ1) is 10.9. The van der Waals surface area contributed by atoms with Crippen LogP contribution in [0.25, 0.3) is 0 Å². The van der Waals surface area contributed by atoms with Crippen molar-refractivity contribution in [2.45, 2.75) is 6.54 Å². The van der Waals surface area contributed by atoms with Gasteiger partial charge in [-0.2, -0.15) is 8.78 Å². The van der Waals surface area contributed by atoms with E-state index in [2.05, 4.69) is 10.1 Å². The molecule has 0 heterocycles. The third-order valence-corrected chi connectivity index (χ3v) is 2.82. The highest BCUT2D eigenvalue weighted by Gasteiger charge is 2.21. The maximum atomic E-state index is 13.3. The second-order valence-corrected chi connectivity index (χ2v) is 4.49. The van der Waals surface area contributed by atoms with Gasteiger partial charge in [-0.1, -0.05) is 12.1 Å². The van der Waals surface area contributed by atoms with Crippen molar-refractivity contribution in [3.05, 3.63) is 65.0 Å². The highest BCUT2D eigenvalue weighted by molar-refractivity contribution is 5.77. The van der Waals surface area contributed by atoms with Crippen molar-refractivity contribution in [1.29, 1.82) is 0 Å². The molecule has 2 aromatic carbocycles. The molecule has 0 aliphatic heterocycles. The number of carbonyl (C=O) groups excluding carboxylic acids is 1. The normalized spacial score (nSPS) is 10.5. The zero-order valence-corrected chi connectivity index (χ0v) is 11.5. The summed E-state index contributed by atoms with van der Waals surface area (Å²) < 4.78 is 69.7. The van der Waals surface area contributed by atoms with E-state index in [1.165, 1.54) is 24.3 Å². The Morgan fingerprint density at radius 1 is 0.957 bits per heavy atom. The van der Waals surface area contributed by atoms with Gasteiger partial charge in [0.25, 0.3) is 5.91 Å². The van der Waals surface area contributed by atoms with Crippen LogP contribution >= 0.6 is 0 Å². The molecule has 0 atom stereocenters. The molecule has 1 N–H and O–H groups in total. The number of amides is 1. The first-order valence-electron chi connectivity index (χ1n) is 6.35. The largest absolute Gasteiger partial charge is 0.477 e. The van der Waals surface area contributed by atoms with Crippen LogP contribution in [0.15, 0.2) is 30.3 Å². The molecule has 3 nitrogen and oxygen atoms in total. The van der Waals surface area contributed by atoms with Gasteiger partial charge in [-0.05, 0) is 17.7 Å². The van der Waals surface area contributed by atoms with Crippen LogP contribution in [0.3, 0.4) is 0 Å². The quantitative estimate of drug-likeness (QED) is 0.675. The van der Waals surface area contributed by atoms with Gasteiger partial charge in [-0.3, -0.25) is 4.79 Å². The summed E-state index contributed by atoms with van der Waals surface area (Å²) >= 11 is 0. The topological polar surface area (TPSA) is 38.3 Å². The zero-order chi connectivity index (χ0) is 17.0. The van der Waals surface area contributed by atoms with Crippen LogP contribution in [0, 0.1) is 29.1 Å². The second kappa shape index (κ2) is 7.08. The van der Waals surface area contributed by atoms with Crippen LogP contribution in [-0.2, 0) is 11.3 Å². The molecule has 23 heavy (non-hydrogen) atoms. The summed E-state index contributed by atoms with van der Waals surface area (Å²) in [5.74, 6) is -9.25. The Bertz CT molecular complexity index is 693. The lowest BCUT2D eigenvalue weighted by Gasteiger charge is -2.10. The minimum absolute atomic E-state index is 0.0188. The van der Waals surface area contributed by atoms with Crippen molar-refractivity contribution >= 4 is 5.91 Å². The predicted molar refractivity (Wildman–Crippen MR) is 70.0 cm³/mol. The molecule has 0 aliphatic rings. The molecule has 0 bridgehead atoms. The number of hydrogen-bond donors (Lipinski definition) is 1. The molecule has 8 heteroatoms. The summed E-state index contributed by atoms with van der Waals surface area (Å²) in [7, 11) is 0. The van der Waals surface area contributed by atoms with Crippen LogP contribution in [0.1, 0.15) is 5.56 Å². The third-order valence-electron chi connectivity index (χ3n) is 2.82. The first-order valence-corrected chi connectivity index (χ1v) is 6.35. The van der Waals surface area contributed by atoms with Gasteiger partial charge < -0.3 is 10.1 Å². The molecule has 0 spiro atoms. The lowest BCUT2D eigenvalue weighted by Crippen LogP contribution is -2.28. The lowest BCUT2D eigenvalue weighted by molar-refractivity contribution is -0.123. The van der Waals surface area contributed by atoms with E-state index in [0.29, 0.717) is 5.56 Å². The van der Waals surface area contributed by atoms with Crippen molar-refractivity contribution in [1.82, 2.24) is 5.32 Å². The standard InChI is InChI=1S/C15H10F5NO2/c16-9-3-1-8(2-4-9)6-21-12(22)7-23-15-13(19)10(17)5-11(18)14(15)20/h1-5H,6-7H2,(H,21,22). The fourth-order valence-electron chi connectivity index (χ4n) is 1.67. The third kappa shape index (κ3) is 4.18. The number of nitrogens with one attached hydrogen (secondary N) is 1. The van der Waals surface area contributed by atoms with Crippen LogP contribution < -0.4 is 10.1 Å². The van der Waals surface area contributed by atoms with Crippen LogP contribution in [0.5, 0.6) is 5.75 Å². The van der Waals surface area contributed by atoms with Gasteiger partial charge in [0.2, 0.25) is 11.6 Å². The Morgan fingerprint density at radius 2 is 1.52 bits per heavy atom. The molecular formula is C15H10F5NO2. The molecule has 0 saturated carbocycles. The van der Waals surface area contributed by atoms with Crippen LogP contribution in [-0.4, -0.2) is 12.5 Å². The minimum atomic E-state index is -1.73. The van der Waals surface area contributed by atoms with E-state index in [9.17, 15) is 26.7 Å². The molecule has 0 radical (unpaired) electrons. The SMILES string of the molecule is O=C(COc1c(F)c(F)cc(F)c1F)NCc1ccc(F)cc1. The Labute approximate surface area is 127 Å².